The Morgan fingerprint density at radius 1 is 1.53 bits per heavy atom. The maximum absolute atomic E-state index is 5.39. The molecule has 1 saturated heterocycles. The van der Waals surface area contributed by atoms with Gasteiger partial charge in [0.15, 0.2) is 0 Å². The molecule has 0 bridgehead atoms. The van der Waals surface area contributed by atoms with Crippen molar-refractivity contribution in [1.29, 1.82) is 0 Å². The zero-order valence-corrected chi connectivity index (χ0v) is 9.35. The highest BCUT2D eigenvalue weighted by Crippen LogP contribution is 2.35. The van der Waals surface area contributed by atoms with Crippen LogP contribution in [0.4, 0.5) is 0 Å². The van der Waals surface area contributed by atoms with E-state index in [4.69, 9.17) is 4.74 Å². The fourth-order valence-corrected chi connectivity index (χ4v) is 3.16. The average Bonchev–Trinajstić information content (AvgIpc) is 2.87. The highest BCUT2D eigenvalue weighted by molar-refractivity contribution is 7.10. The van der Waals surface area contributed by atoms with Gasteiger partial charge in [-0.2, -0.15) is 0 Å². The molecule has 1 aliphatic carbocycles. The number of nitrogens with one attached hydrogen (secondary N) is 1. The van der Waals surface area contributed by atoms with Crippen molar-refractivity contribution in [3.63, 3.8) is 0 Å². The molecule has 1 N–H and O–H groups in total. The molecule has 1 aromatic rings. The Bertz CT molecular complexity index is 378. The van der Waals surface area contributed by atoms with Crippen LogP contribution in [0.25, 0.3) is 0 Å². The van der Waals surface area contributed by atoms with Crippen LogP contribution in [0.3, 0.4) is 0 Å². The number of hydrogen-bond donors (Lipinski definition) is 1. The van der Waals surface area contributed by atoms with E-state index in [1.807, 2.05) is 11.3 Å². The fraction of sp³-hybridized carbons (Fsp3) is 0.545. The van der Waals surface area contributed by atoms with E-state index in [2.05, 4.69) is 21.8 Å². The third-order valence-corrected chi connectivity index (χ3v) is 3.91. The molecular formula is C11H14N2OS. The van der Waals surface area contributed by atoms with Crippen LogP contribution >= 0.6 is 11.3 Å². The third-order valence-electron chi connectivity index (χ3n) is 2.91. The summed E-state index contributed by atoms with van der Waals surface area (Å²) in [5.41, 5.74) is 1.41. The minimum atomic E-state index is 0.320. The second kappa shape index (κ2) is 3.85. The summed E-state index contributed by atoms with van der Waals surface area (Å²) in [6, 6.07) is 3.27. The lowest BCUT2D eigenvalue weighted by molar-refractivity contribution is 0.347. The lowest BCUT2D eigenvalue weighted by atomic mass is 9.95. The van der Waals surface area contributed by atoms with Gasteiger partial charge in [0.1, 0.15) is 6.61 Å². The SMILES string of the molecule is c1cc2c(s1)CCCC2N=C1NCCO1. The topological polar surface area (TPSA) is 33.6 Å². The van der Waals surface area contributed by atoms with Gasteiger partial charge in [-0.3, -0.25) is 0 Å². The van der Waals surface area contributed by atoms with Gasteiger partial charge in [-0.25, -0.2) is 4.99 Å². The van der Waals surface area contributed by atoms with E-state index in [9.17, 15) is 0 Å². The highest BCUT2D eigenvalue weighted by Gasteiger charge is 2.22. The van der Waals surface area contributed by atoms with E-state index in [0.717, 1.165) is 25.6 Å². The molecule has 0 radical (unpaired) electrons. The van der Waals surface area contributed by atoms with E-state index in [-0.39, 0.29) is 0 Å². The van der Waals surface area contributed by atoms with Gasteiger partial charge in [0, 0.05) is 4.88 Å². The normalized spacial score (nSPS) is 27.2. The summed E-state index contributed by atoms with van der Waals surface area (Å²) in [6.45, 7) is 1.64. The van der Waals surface area contributed by atoms with E-state index in [1.165, 1.54) is 23.3 Å². The van der Waals surface area contributed by atoms with Gasteiger partial charge in [-0.1, -0.05) is 0 Å². The molecule has 2 aliphatic rings. The van der Waals surface area contributed by atoms with E-state index >= 15 is 0 Å². The lowest BCUT2D eigenvalue weighted by Gasteiger charge is -2.18. The highest BCUT2D eigenvalue weighted by atomic mass is 32.1. The van der Waals surface area contributed by atoms with Crippen LogP contribution in [0.2, 0.25) is 0 Å². The van der Waals surface area contributed by atoms with E-state index in [0.29, 0.717) is 6.04 Å². The van der Waals surface area contributed by atoms with Gasteiger partial charge in [-0.15, -0.1) is 11.3 Å². The van der Waals surface area contributed by atoms with Crippen LogP contribution in [0.1, 0.15) is 29.3 Å². The maximum atomic E-state index is 5.39. The summed E-state index contributed by atoms with van der Waals surface area (Å²) >= 11 is 1.86. The molecule has 15 heavy (non-hydrogen) atoms. The molecule has 80 valence electrons. The predicted octanol–water partition coefficient (Wildman–Crippen LogP) is 2.10. The number of nitrogens with zero attached hydrogens (tertiary/aromatic N) is 1. The van der Waals surface area contributed by atoms with Crippen LogP contribution in [-0.4, -0.2) is 19.2 Å². The summed E-state index contributed by atoms with van der Waals surface area (Å²) in [5.74, 6) is 0. The molecule has 1 fully saturated rings. The van der Waals surface area contributed by atoms with Crippen molar-refractivity contribution in [3.8, 4) is 0 Å². The van der Waals surface area contributed by atoms with Crippen molar-refractivity contribution < 1.29 is 4.74 Å². The Balaban J connectivity index is 1.86. The van der Waals surface area contributed by atoms with Crippen LogP contribution in [0.15, 0.2) is 16.4 Å². The van der Waals surface area contributed by atoms with Crippen LogP contribution < -0.4 is 5.32 Å². The first kappa shape index (κ1) is 9.21. The first-order chi connectivity index (χ1) is 7.43. The molecular weight excluding hydrogens is 208 g/mol. The number of thiophene rings is 1. The van der Waals surface area contributed by atoms with Crippen LogP contribution in [-0.2, 0) is 11.2 Å². The molecule has 1 atom stereocenters. The minimum Gasteiger partial charge on any atom is -0.463 e. The molecule has 2 heterocycles. The third kappa shape index (κ3) is 1.74. The van der Waals surface area contributed by atoms with Gasteiger partial charge in [-0.05, 0) is 36.3 Å². The summed E-state index contributed by atoms with van der Waals surface area (Å²) in [7, 11) is 0. The quantitative estimate of drug-likeness (QED) is 0.789. The molecule has 0 aromatic carbocycles. The molecule has 4 heteroatoms. The Morgan fingerprint density at radius 3 is 3.40 bits per heavy atom. The summed E-state index contributed by atoms with van der Waals surface area (Å²) in [6.07, 6.45) is 3.62. The average molecular weight is 222 g/mol. The Hall–Kier alpha value is -1.03. The maximum Gasteiger partial charge on any atom is 0.285 e. The molecule has 0 amide bonds. The van der Waals surface area contributed by atoms with Crippen molar-refractivity contribution in [2.45, 2.75) is 25.3 Å². The second-order valence-corrected chi connectivity index (χ2v) is 4.92. The monoisotopic (exact) mass is 222 g/mol. The van der Waals surface area contributed by atoms with Crippen molar-refractivity contribution >= 4 is 17.4 Å². The second-order valence-electron chi connectivity index (χ2n) is 3.92. The largest absolute Gasteiger partial charge is 0.463 e. The van der Waals surface area contributed by atoms with Gasteiger partial charge in [0.05, 0.1) is 12.6 Å². The number of ether oxygens (including phenoxy) is 1. The van der Waals surface area contributed by atoms with Crippen molar-refractivity contribution in [1.82, 2.24) is 5.32 Å². The molecule has 1 unspecified atom stereocenters. The van der Waals surface area contributed by atoms with E-state index in [1.54, 1.807) is 0 Å². The first-order valence-electron chi connectivity index (χ1n) is 5.44. The van der Waals surface area contributed by atoms with Gasteiger partial charge in [0.25, 0.3) is 6.02 Å². The molecule has 0 saturated carbocycles. The number of hydrogen-bond acceptors (Lipinski definition) is 3. The number of rotatable bonds is 1. The van der Waals surface area contributed by atoms with Crippen molar-refractivity contribution in [2.24, 2.45) is 4.99 Å². The molecule has 3 rings (SSSR count). The molecule has 0 spiro atoms. The number of fused-ring (bicyclic) bond motifs is 1. The molecule has 1 aromatic heterocycles. The van der Waals surface area contributed by atoms with Gasteiger partial charge in [0.2, 0.25) is 0 Å². The van der Waals surface area contributed by atoms with Gasteiger partial charge >= 0.3 is 0 Å². The summed E-state index contributed by atoms with van der Waals surface area (Å²) in [4.78, 5) is 6.15. The lowest BCUT2D eigenvalue weighted by Crippen LogP contribution is -2.17. The first-order valence-corrected chi connectivity index (χ1v) is 6.32. The smallest absolute Gasteiger partial charge is 0.285 e. The number of aliphatic imine (C=N–C) groups is 1. The number of amidine groups is 1. The molecule has 1 aliphatic heterocycles. The minimum absolute atomic E-state index is 0.320. The molecule has 3 nitrogen and oxygen atoms in total. The number of aryl methyl sites for hydroxylation is 1. The zero-order valence-electron chi connectivity index (χ0n) is 8.53. The standard InChI is InChI=1S/C11H14N2OS/c1-2-9(13-11-12-5-6-14-11)8-4-7-15-10(8)3-1/h4,7,9H,1-3,5-6H2,(H,12,13). The van der Waals surface area contributed by atoms with Gasteiger partial charge < -0.3 is 10.1 Å². The summed E-state index contributed by atoms with van der Waals surface area (Å²) in [5, 5.41) is 5.33. The van der Waals surface area contributed by atoms with Crippen LogP contribution in [0, 0.1) is 0 Å². The fourth-order valence-electron chi connectivity index (χ4n) is 2.18. The summed E-state index contributed by atoms with van der Waals surface area (Å²) < 4.78 is 5.39. The van der Waals surface area contributed by atoms with E-state index < -0.39 is 0 Å². The van der Waals surface area contributed by atoms with Crippen molar-refractivity contribution in [3.05, 3.63) is 21.9 Å². The Morgan fingerprint density at radius 2 is 2.53 bits per heavy atom. The zero-order chi connectivity index (χ0) is 10.1. The Labute approximate surface area is 93.2 Å². The van der Waals surface area contributed by atoms with Crippen molar-refractivity contribution in [2.75, 3.05) is 13.2 Å². The Kier molecular flexibility index (Phi) is 2.37. The predicted molar refractivity (Wildman–Crippen MR) is 61.4 cm³/mol. The van der Waals surface area contributed by atoms with Crippen LogP contribution in [0.5, 0.6) is 0 Å².